The summed E-state index contributed by atoms with van der Waals surface area (Å²) in [5.74, 6) is 2.53. The van der Waals surface area contributed by atoms with Gasteiger partial charge in [-0.05, 0) is 19.1 Å². The molecule has 0 aliphatic heterocycles. The monoisotopic (exact) mass is 245 g/mol. The standard InChI is InChI=1S/C12H15N5O/c1-8-10(7-13)17-12(14-8)15-11(16-17)5-4-9-3-2-6-18-9/h2-3,6H,4-5,7,13H2,1H3,(H,14,15,16). The third-order valence-corrected chi connectivity index (χ3v) is 3.01. The van der Waals surface area contributed by atoms with Gasteiger partial charge < -0.3 is 10.2 Å². The van der Waals surface area contributed by atoms with Crippen LogP contribution in [0.4, 0.5) is 0 Å². The van der Waals surface area contributed by atoms with Gasteiger partial charge in [-0.2, -0.15) is 4.98 Å². The first-order valence-corrected chi connectivity index (χ1v) is 5.93. The molecule has 3 N–H and O–H groups in total. The number of nitrogens with zero attached hydrogens (tertiary/aromatic N) is 3. The quantitative estimate of drug-likeness (QED) is 0.723. The van der Waals surface area contributed by atoms with Crippen LogP contribution in [-0.4, -0.2) is 19.6 Å². The fraction of sp³-hybridized carbons (Fsp3) is 0.333. The van der Waals surface area contributed by atoms with Crippen LogP contribution in [0.3, 0.4) is 0 Å². The highest BCUT2D eigenvalue weighted by Gasteiger charge is 2.11. The maximum atomic E-state index is 5.70. The van der Waals surface area contributed by atoms with Crippen LogP contribution >= 0.6 is 0 Å². The fourth-order valence-corrected chi connectivity index (χ4v) is 2.06. The number of aryl methyl sites for hydroxylation is 3. The molecule has 94 valence electrons. The van der Waals surface area contributed by atoms with Gasteiger partial charge in [-0.15, -0.1) is 0 Å². The van der Waals surface area contributed by atoms with Crippen LogP contribution < -0.4 is 5.73 Å². The maximum absolute atomic E-state index is 5.70. The SMILES string of the molecule is Cc1nc2nc(CCc3ccco3)[nH]n2c1CN. The van der Waals surface area contributed by atoms with Crippen molar-refractivity contribution in [2.24, 2.45) is 5.73 Å². The molecule has 18 heavy (non-hydrogen) atoms. The zero-order valence-electron chi connectivity index (χ0n) is 10.2. The van der Waals surface area contributed by atoms with E-state index in [0.717, 1.165) is 35.8 Å². The lowest BCUT2D eigenvalue weighted by atomic mass is 10.2. The Morgan fingerprint density at radius 2 is 2.28 bits per heavy atom. The predicted octanol–water partition coefficient (Wildman–Crippen LogP) is 1.20. The van der Waals surface area contributed by atoms with Gasteiger partial charge in [0, 0.05) is 19.4 Å². The topological polar surface area (TPSA) is 85.1 Å². The van der Waals surface area contributed by atoms with Crippen LogP contribution in [0.5, 0.6) is 0 Å². The van der Waals surface area contributed by atoms with E-state index in [4.69, 9.17) is 10.2 Å². The molecule has 0 radical (unpaired) electrons. The number of nitrogens with two attached hydrogens (primary N) is 1. The Morgan fingerprint density at radius 1 is 1.39 bits per heavy atom. The van der Waals surface area contributed by atoms with Crippen LogP contribution in [-0.2, 0) is 19.4 Å². The zero-order chi connectivity index (χ0) is 12.5. The molecule has 3 heterocycles. The Morgan fingerprint density at radius 3 is 3.00 bits per heavy atom. The molecule has 0 unspecified atom stereocenters. The van der Waals surface area contributed by atoms with Crippen molar-refractivity contribution < 1.29 is 4.42 Å². The van der Waals surface area contributed by atoms with E-state index in [-0.39, 0.29) is 0 Å². The summed E-state index contributed by atoms with van der Waals surface area (Å²) in [5.41, 5.74) is 7.60. The highest BCUT2D eigenvalue weighted by molar-refractivity contribution is 5.34. The molecular formula is C12H15N5O. The Bertz CT molecular complexity index is 649. The number of furan rings is 1. The van der Waals surface area contributed by atoms with E-state index in [1.165, 1.54) is 0 Å². The Labute approximate surface area is 104 Å². The molecule has 0 bridgehead atoms. The van der Waals surface area contributed by atoms with E-state index in [0.29, 0.717) is 12.3 Å². The average molecular weight is 245 g/mol. The summed E-state index contributed by atoms with van der Waals surface area (Å²) >= 11 is 0. The van der Waals surface area contributed by atoms with Crippen molar-refractivity contribution in [1.29, 1.82) is 0 Å². The third kappa shape index (κ3) is 1.80. The fourth-order valence-electron chi connectivity index (χ4n) is 2.06. The first kappa shape index (κ1) is 11.0. The third-order valence-electron chi connectivity index (χ3n) is 3.01. The first-order valence-electron chi connectivity index (χ1n) is 5.93. The number of aromatic nitrogens is 4. The van der Waals surface area contributed by atoms with Crippen molar-refractivity contribution in [3.05, 3.63) is 41.4 Å². The molecule has 0 aliphatic carbocycles. The summed E-state index contributed by atoms with van der Waals surface area (Å²) in [6, 6.07) is 3.85. The molecule has 0 aromatic carbocycles. The minimum atomic E-state index is 0.451. The van der Waals surface area contributed by atoms with E-state index >= 15 is 0 Å². The van der Waals surface area contributed by atoms with Crippen molar-refractivity contribution in [3.63, 3.8) is 0 Å². The lowest BCUT2D eigenvalue weighted by Gasteiger charge is -1.96. The van der Waals surface area contributed by atoms with Gasteiger partial charge in [0.15, 0.2) is 0 Å². The van der Waals surface area contributed by atoms with E-state index in [2.05, 4.69) is 15.1 Å². The molecule has 3 rings (SSSR count). The van der Waals surface area contributed by atoms with Gasteiger partial charge in [0.1, 0.15) is 11.6 Å². The van der Waals surface area contributed by atoms with Crippen molar-refractivity contribution in [2.45, 2.75) is 26.3 Å². The lowest BCUT2D eigenvalue weighted by Crippen LogP contribution is -2.04. The second-order valence-electron chi connectivity index (χ2n) is 4.23. The number of hydrogen-bond acceptors (Lipinski definition) is 4. The molecule has 3 aromatic rings. The minimum Gasteiger partial charge on any atom is -0.469 e. The Hall–Kier alpha value is -2.08. The molecule has 0 saturated heterocycles. The van der Waals surface area contributed by atoms with Crippen LogP contribution in [0.25, 0.3) is 5.78 Å². The summed E-state index contributed by atoms with van der Waals surface area (Å²) < 4.78 is 7.14. The molecule has 6 heteroatoms. The molecule has 0 amide bonds. The first-order chi connectivity index (χ1) is 8.78. The van der Waals surface area contributed by atoms with Gasteiger partial charge in [0.2, 0.25) is 0 Å². The number of nitrogens with one attached hydrogen (secondary N) is 1. The van der Waals surface area contributed by atoms with Crippen molar-refractivity contribution in [2.75, 3.05) is 0 Å². The molecule has 6 nitrogen and oxygen atoms in total. The number of aromatic amines is 1. The minimum absolute atomic E-state index is 0.451. The number of rotatable bonds is 4. The second kappa shape index (κ2) is 4.30. The molecule has 0 saturated carbocycles. The maximum Gasteiger partial charge on any atom is 0.251 e. The number of imidazole rings is 1. The molecule has 0 atom stereocenters. The van der Waals surface area contributed by atoms with Crippen LogP contribution in [0.2, 0.25) is 0 Å². The van der Waals surface area contributed by atoms with Crippen molar-refractivity contribution in [1.82, 2.24) is 19.6 Å². The van der Waals surface area contributed by atoms with Gasteiger partial charge in [-0.25, -0.2) is 9.50 Å². The molecule has 3 aromatic heterocycles. The van der Waals surface area contributed by atoms with Crippen molar-refractivity contribution >= 4 is 5.78 Å². The zero-order valence-corrected chi connectivity index (χ0v) is 10.2. The highest BCUT2D eigenvalue weighted by Crippen LogP contribution is 2.11. The van der Waals surface area contributed by atoms with Crippen LogP contribution in [0.15, 0.2) is 22.8 Å². The number of fused-ring (bicyclic) bond motifs is 1. The van der Waals surface area contributed by atoms with Gasteiger partial charge in [-0.1, -0.05) is 0 Å². The largest absolute Gasteiger partial charge is 0.469 e. The van der Waals surface area contributed by atoms with Crippen LogP contribution in [0.1, 0.15) is 23.0 Å². The summed E-state index contributed by atoms with van der Waals surface area (Å²) in [6.07, 6.45) is 3.29. The molecule has 0 aliphatic rings. The summed E-state index contributed by atoms with van der Waals surface area (Å²) in [5, 5.41) is 3.22. The Kier molecular flexibility index (Phi) is 2.64. The lowest BCUT2D eigenvalue weighted by molar-refractivity contribution is 0.506. The molecule has 0 fully saturated rings. The van der Waals surface area contributed by atoms with Gasteiger partial charge in [0.05, 0.1) is 17.7 Å². The van der Waals surface area contributed by atoms with E-state index < -0.39 is 0 Å². The Balaban J connectivity index is 1.83. The van der Waals surface area contributed by atoms with E-state index in [1.54, 1.807) is 6.26 Å². The highest BCUT2D eigenvalue weighted by atomic mass is 16.3. The normalized spacial score (nSPS) is 11.4. The van der Waals surface area contributed by atoms with Gasteiger partial charge in [0.25, 0.3) is 5.78 Å². The van der Waals surface area contributed by atoms with Crippen LogP contribution in [0, 0.1) is 6.92 Å². The summed E-state index contributed by atoms with van der Waals surface area (Å²) in [4.78, 5) is 8.81. The smallest absolute Gasteiger partial charge is 0.251 e. The summed E-state index contributed by atoms with van der Waals surface area (Å²) in [6.45, 7) is 2.39. The number of H-pyrrole nitrogens is 1. The summed E-state index contributed by atoms with van der Waals surface area (Å²) in [7, 11) is 0. The van der Waals surface area contributed by atoms with E-state index in [9.17, 15) is 0 Å². The van der Waals surface area contributed by atoms with Gasteiger partial charge in [-0.3, -0.25) is 5.10 Å². The second-order valence-corrected chi connectivity index (χ2v) is 4.23. The van der Waals surface area contributed by atoms with Crippen molar-refractivity contribution in [3.8, 4) is 0 Å². The predicted molar refractivity (Wildman–Crippen MR) is 66.1 cm³/mol. The average Bonchev–Trinajstić information content (AvgIpc) is 3.01. The molecular weight excluding hydrogens is 230 g/mol. The molecule has 0 spiro atoms. The van der Waals surface area contributed by atoms with E-state index in [1.807, 2.05) is 23.6 Å². The number of hydrogen-bond donors (Lipinski definition) is 2. The van der Waals surface area contributed by atoms with Gasteiger partial charge >= 0.3 is 0 Å².